The zero-order valence-electron chi connectivity index (χ0n) is 16.1. The number of ether oxygens (including phenoxy) is 2. The van der Waals surface area contributed by atoms with Gasteiger partial charge in [-0.05, 0) is 17.7 Å². The molecule has 2 aromatic rings. The average Bonchev–Trinajstić information content (AvgIpc) is 3.06. The predicted molar refractivity (Wildman–Crippen MR) is 107 cm³/mol. The fraction of sp³-hybridized carbons (Fsp3) is 0.333. The molecule has 2 aromatic carbocycles. The molecule has 0 bridgehead atoms. The zero-order chi connectivity index (χ0) is 19.9. The van der Waals surface area contributed by atoms with Gasteiger partial charge in [0, 0.05) is 43.7 Å². The van der Waals surface area contributed by atoms with Gasteiger partial charge in [0.05, 0.1) is 14.2 Å². The van der Waals surface area contributed by atoms with Crippen LogP contribution in [0.5, 0.6) is 11.5 Å². The molecule has 7 nitrogen and oxygen atoms in total. The predicted octanol–water partition coefficient (Wildman–Crippen LogP) is 2.87. The van der Waals surface area contributed by atoms with E-state index in [0.29, 0.717) is 43.2 Å². The van der Waals surface area contributed by atoms with E-state index < -0.39 is 0 Å². The van der Waals surface area contributed by atoms with Crippen LogP contribution >= 0.6 is 0 Å². The van der Waals surface area contributed by atoms with Gasteiger partial charge in [0.25, 0.3) is 0 Å². The highest BCUT2D eigenvalue weighted by Gasteiger charge is 2.29. The minimum Gasteiger partial charge on any atom is -0.493 e. The smallest absolute Gasteiger partial charge is 0.319 e. The Balaban J connectivity index is 1.48. The summed E-state index contributed by atoms with van der Waals surface area (Å²) in [6.45, 7) is 1.69. The van der Waals surface area contributed by atoms with Crippen molar-refractivity contribution in [2.24, 2.45) is 5.92 Å². The summed E-state index contributed by atoms with van der Waals surface area (Å²) in [4.78, 5) is 26.3. The second kappa shape index (κ2) is 9.12. The average molecular weight is 383 g/mol. The van der Waals surface area contributed by atoms with E-state index in [1.54, 1.807) is 32.4 Å². The molecule has 1 atom stereocenters. The van der Waals surface area contributed by atoms with Crippen molar-refractivity contribution < 1.29 is 19.1 Å². The van der Waals surface area contributed by atoms with Crippen molar-refractivity contribution in [3.8, 4) is 11.5 Å². The van der Waals surface area contributed by atoms with Gasteiger partial charge in [-0.2, -0.15) is 0 Å². The summed E-state index contributed by atoms with van der Waals surface area (Å²) in [6.07, 6.45) is 0.448. The molecule has 0 radical (unpaired) electrons. The number of amides is 3. The Morgan fingerprint density at radius 3 is 2.57 bits per heavy atom. The standard InChI is InChI=1S/C21H25N3O4/c1-27-18-9-8-17(11-19(18)28-2)23-21(26)22-12-16-10-20(25)24(14-16)13-15-6-4-3-5-7-15/h3-9,11,16H,10,12-14H2,1-2H3,(H2,22,23,26). The highest BCUT2D eigenvalue weighted by atomic mass is 16.5. The molecule has 1 aliphatic rings. The maximum Gasteiger partial charge on any atom is 0.319 e. The molecule has 3 rings (SSSR count). The van der Waals surface area contributed by atoms with Crippen LogP contribution in [0, 0.1) is 5.92 Å². The molecule has 1 unspecified atom stereocenters. The fourth-order valence-corrected chi connectivity index (χ4v) is 3.27. The number of nitrogens with one attached hydrogen (secondary N) is 2. The first-order chi connectivity index (χ1) is 13.6. The zero-order valence-corrected chi connectivity index (χ0v) is 16.1. The summed E-state index contributed by atoms with van der Waals surface area (Å²) >= 11 is 0. The van der Waals surface area contributed by atoms with Crippen LogP contribution in [0.4, 0.5) is 10.5 Å². The molecule has 1 heterocycles. The third-order valence-electron chi connectivity index (χ3n) is 4.70. The van der Waals surface area contributed by atoms with E-state index >= 15 is 0 Å². The van der Waals surface area contributed by atoms with Crippen LogP contribution in [0.15, 0.2) is 48.5 Å². The molecule has 2 N–H and O–H groups in total. The molecule has 0 aromatic heterocycles. The molecule has 28 heavy (non-hydrogen) atoms. The molecule has 1 saturated heterocycles. The lowest BCUT2D eigenvalue weighted by Crippen LogP contribution is -2.34. The number of rotatable bonds is 7. The Kier molecular flexibility index (Phi) is 6.37. The first-order valence-corrected chi connectivity index (χ1v) is 9.17. The third kappa shape index (κ3) is 4.94. The number of methoxy groups -OCH3 is 2. The van der Waals surface area contributed by atoms with Crippen LogP contribution in [0.3, 0.4) is 0 Å². The van der Waals surface area contributed by atoms with Crippen LogP contribution in [-0.4, -0.2) is 44.1 Å². The van der Waals surface area contributed by atoms with E-state index in [0.717, 1.165) is 5.56 Å². The second-order valence-electron chi connectivity index (χ2n) is 6.73. The van der Waals surface area contributed by atoms with Crippen molar-refractivity contribution in [3.05, 3.63) is 54.1 Å². The van der Waals surface area contributed by atoms with E-state index in [2.05, 4.69) is 10.6 Å². The quantitative estimate of drug-likeness (QED) is 0.771. The van der Waals surface area contributed by atoms with Gasteiger partial charge in [-0.1, -0.05) is 30.3 Å². The molecule has 3 amide bonds. The summed E-state index contributed by atoms with van der Waals surface area (Å²) < 4.78 is 10.4. The van der Waals surface area contributed by atoms with Crippen molar-refractivity contribution in [3.63, 3.8) is 0 Å². The van der Waals surface area contributed by atoms with Gasteiger partial charge < -0.3 is 25.0 Å². The molecular weight excluding hydrogens is 358 g/mol. The van der Waals surface area contributed by atoms with Crippen LogP contribution in [-0.2, 0) is 11.3 Å². The Labute approximate surface area is 164 Å². The van der Waals surface area contributed by atoms with Crippen LogP contribution < -0.4 is 20.1 Å². The normalized spacial score (nSPS) is 16.0. The van der Waals surface area contributed by atoms with Gasteiger partial charge in [-0.15, -0.1) is 0 Å². The van der Waals surface area contributed by atoms with E-state index in [-0.39, 0.29) is 17.9 Å². The number of carbonyl (C=O) groups is 2. The summed E-state index contributed by atoms with van der Waals surface area (Å²) in [6, 6.07) is 14.7. The number of urea groups is 1. The molecule has 0 aliphatic carbocycles. The lowest BCUT2D eigenvalue weighted by molar-refractivity contribution is -0.128. The SMILES string of the molecule is COc1ccc(NC(=O)NCC2CC(=O)N(Cc3ccccc3)C2)cc1OC. The first kappa shape index (κ1) is 19.5. The van der Waals surface area contributed by atoms with Crippen LogP contribution in [0.25, 0.3) is 0 Å². The molecule has 7 heteroatoms. The van der Waals surface area contributed by atoms with E-state index in [4.69, 9.17) is 9.47 Å². The molecule has 0 spiro atoms. The largest absolute Gasteiger partial charge is 0.493 e. The van der Waals surface area contributed by atoms with E-state index in [9.17, 15) is 9.59 Å². The Bertz CT molecular complexity index is 826. The minimum absolute atomic E-state index is 0.104. The number of hydrogen-bond donors (Lipinski definition) is 2. The summed E-state index contributed by atoms with van der Waals surface area (Å²) in [7, 11) is 3.10. The van der Waals surface area contributed by atoms with Crippen LogP contribution in [0.1, 0.15) is 12.0 Å². The highest BCUT2D eigenvalue weighted by molar-refractivity contribution is 5.89. The van der Waals surface area contributed by atoms with E-state index in [1.165, 1.54) is 0 Å². The summed E-state index contributed by atoms with van der Waals surface area (Å²) in [5.41, 5.74) is 1.71. The Hall–Kier alpha value is -3.22. The number of benzene rings is 2. The monoisotopic (exact) mass is 383 g/mol. The van der Waals surface area contributed by atoms with Crippen LogP contribution in [0.2, 0.25) is 0 Å². The van der Waals surface area contributed by atoms with Crippen molar-refractivity contribution in [1.29, 1.82) is 0 Å². The number of anilines is 1. The van der Waals surface area contributed by atoms with Gasteiger partial charge in [0.2, 0.25) is 5.91 Å². The highest BCUT2D eigenvalue weighted by Crippen LogP contribution is 2.29. The van der Waals surface area contributed by atoms with E-state index in [1.807, 2.05) is 35.2 Å². The number of hydrogen-bond acceptors (Lipinski definition) is 4. The summed E-state index contributed by atoms with van der Waals surface area (Å²) in [5, 5.41) is 5.61. The van der Waals surface area contributed by atoms with Gasteiger partial charge in [0.1, 0.15) is 0 Å². The third-order valence-corrected chi connectivity index (χ3v) is 4.70. The van der Waals surface area contributed by atoms with Crippen molar-refractivity contribution >= 4 is 17.6 Å². The molecule has 1 aliphatic heterocycles. The summed E-state index contributed by atoms with van der Waals surface area (Å²) in [5.74, 6) is 1.36. The van der Waals surface area contributed by atoms with Gasteiger partial charge in [-0.25, -0.2) is 4.79 Å². The molecule has 0 saturated carbocycles. The fourth-order valence-electron chi connectivity index (χ4n) is 3.27. The van der Waals surface area contributed by atoms with Crippen molar-refractivity contribution in [1.82, 2.24) is 10.2 Å². The van der Waals surface area contributed by atoms with Crippen molar-refractivity contribution in [2.75, 3.05) is 32.6 Å². The Morgan fingerprint density at radius 1 is 1.11 bits per heavy atom. The topological polar surface area (TPSA) is 79.9 Å². The lowest BCUT2D eigenvalue weighted by Gasteiger charge is -2.17. The van der Waals surface area contributed by atoms with Gasteiger partial charge in [0.15, 0.2) is 11.5 Å². The lowest BCUT2D eigenvalue weighted by atomic mass is 10.1. The molecule has 148 valence electrons. The number of nitrogens with zero attached hydrogens (tertiary/aromatic N) is 1. The maximum absolute atomic E-state index is 12.2. The Morgan fingerprint density at radius 2 is 1.86 bits per heavy atom. The molecular formula is C21H25N3O4. The van der Waals surface area contributed by atoms with Gasteiger partial charge >= 0.3 is 6.03 Å². The van der Waals surface area contributed by atoms with Gasteiger partial charge in [-0.3, -0.25) is 4.79 Å². The minimum atomic E-state index is -0.318. The van der Waals surface area contributed by atoms with Crippen molar-refractivity contribution in [2.45, 2.75) is 13.0 Å². The first-order valence-electron chi connectivity index (χ1n) is 9.17. The number of likely N-dealkylation sites (tertiary alicyclic amines) is 1. The molecule has 1 fully saturated rings. The number of carbonyl (C=O) groups excluding carboxylic acids is 2. The maximum atomic E-state index is 12.2. The second-order valence-corrected chi connectivity index (χ2v) is 6.73.